The van der Waals surface area contributed by atoms with Gasteiger partial charge in [-0.3, -0.25) is 0 Å². The third kappa shape index (κ3) is 2.61. The molecule has 0 radical (unpaired) electrons. The van der Waals surface area contributed by atoms with Gasteiger partial charge in [0.2, 0.25) is 0 Å². The Morgan fingerprint density at radius 2 is 1.63 bits per heavy atom. The molecule has 4 saturated carbocycles. The Kier molecular flexibility index (Phi) is 4.58. The largest absolute Gasteiger partial charge is 0.393 e. The average Bonchev–Trinajstić information content (AvgIpc) is 3.16. The Morgan fingerprint density at radius 1 is 0.833 bits per heavy atom. The zero-order valence-electron chi connectivity index (χ0n) is 19.7. The summed E-state index contributed by atoms with van der Waals surface area (Å²) < 4.78 is 13.4. The molecule has 3 heteroatoms. The summed E-state index contributed by atoms with van der Waals surface area (Å²) in [6.45, 7) is 10.9. The molecule has 0 bridgehead atoms. The summed E-state index contributed by atoms with van der Waals surface area (Å²) in [5.41, 5.74) is 0.899. The van der Waals surface area contributed by atoms with Crippen LogP contribution in [-0.2, 0) is 9.47 Å². The van der Waals surface area contributed by atoms with Crippen LogP contribution in [0.15, 0.2) is 0 Å². The summed E-state index contributed by atoms with van der Waals surface area (Å²) in [5, 5.41) is 10.3. The molecule has 0 aromatic carbocycles. The second kappa shape index (κ2) is 6.70. The molecule has 6 rings (SSSR count). The SMILES string of the molecule is CC1CCC2(OC1)O[C@H]1CC3C4CC[C@@H]5C[C@H](O)CC[C@]5(C)C4CC[C@]3(C)C1C2C. The van der Waals surface area contributed by atoms with E-state index in [1.54, 1.807) is 0 Å². The van der Waals surface area contributed by atoms with Crippen molar-refractivity contribution >= 4 is 0 Å². The van der Waals surface area contributed by atoms with Crippen LogP contribution in [0, 0.1) is 52.3 Å². The van der Waals surface area contributed by atoms with Crippen molar-refractivity contribution in [3.63, 3.8) is 0 Å². The highest BCUT2D eigenvalue weighted by atomic mass is 16.7. The number of hydrogen-bond donors (Lipinski definition) is 1. The fraction of sp³-hybridized carbons (Fsp3) is 1.00. The molecular weight excluding hydrogens is 372 g/mol. The third-order valence-corrected chi connectivity index (χ3v) is 11.9. The maximum Gasteiger partial charge on any atom is 0.171 e. The summed E-state index contributed by atoms with van der Waals surface area (Å²) in [7, 11) is 0. The molecule has 2 saturated heterocycles. The first-order valence-electron chi connectivity index (χ1n) is 13.3. The molecule has 6 aliphatic rings. The second-order valence-electron chi connectivity index (χ2n) is 13.1. The molecule has 12 atom stereocenters. The fourth-order valence-corrected chi connectivity index (χ4v) is 10.3. The van der Waals surface area contributed by atoms with Gasteiger partial charge < -0.3 is 14.6 Å². The van der Waals surface area contributed by atoms with Gasteiger partial charge in [-0.05, 0) is 104 Å². The maximum atomic E-state index is 10.3. The van der Waals surface area contributed by atoms with Gasteiger partial charge in [-0.2, -0.15) is 0 Å². The monoisotopic (exact) mass is 416 g/mol. The molecule has 4 aliphatic carbocycles. The molecule has 0 aromatic heterocycles. The van der Waals surface area contributed by atoms with Gasteiger partial charge in [-0.25, -0.2) is 0 Å². The van der Waals surface area contributed by atoms with E-state index in [1.807, 2.05) is 0 Å². The van der Waals surface area contributed by atoms with Gasteiger partial charge in [-0.15, -0.1) is 0 Å². The lowest BCUT2D eigenvalue weighted by molar-refractivity contribution is -0.273. The summed E-state index contributed by atoms with van der Waals surface area (Å²) in [4.78, 5) is 0. The highest BCUT2D eigenvalue weighted by Gasteiger charge is 2.69. The van der Waals surface area contributed by atoms with Gasteiger partial charge in [0.15, 0.2) is 5.79 Å². The summed E-state index contributed by atoms with van der Waals surface area (Å²) >= 11 is 0. The van der Waals surface area contributed by atoms with E-state index in [-0.39, 0.29) is 11.9 Å². The zero-order valence-corrected chi connectivity index (χ0v) is 19.7. The Hall–Kier alpha value is -0.120. The average molecular weight is 417 g/mol. The predicted molar refractivity (Wildman–Crippen MR) is 118 cm³/mol. The number of ether oxygens (including phenoxy) is 2. The summed E-state index contributed by atoms with van der Waals surface area (Å²) in [6, 6.07) is 0. The van der Waals surface area contributed by atoms with Gasteiger partial charge in [0.05, 0.1) is 18.8 Å². The van der Waals surface area contributed by atoms with Crippen LogP contribution in [0.4, 0.5) is 0 Å². The van der Waals surface area contributed by atoms with Crippen LogP contribution in [-0.4, -0.2) is 29.7 Å². The van der Waals surface area contributed by atoms with Crippen molar-refractivity contribution in [2.24, 2.45) is 52.3 Å². The van der Waals surface area contributed by atoms with Crippen LogP contribution in [0.1, 0.15) is 91.9 Å². The minimum Gasteiger partial charge on any atom is -0.393 e. The van der Waals surface area contributed by atoms with Crippen molar-refractivity contribution in [2.75, 3.05) is 6.61 Å². The predicted octanol–water partition coefficient (Wildman–Crippen LogP) is 5.79. The molecule has 2 heterocycles. The molecule has 30 heavy (non-hydrogen) atoms. The lowest BCUT2D eigenvalue weighted by atomic mass is 9.44. The van der Waals surface area contributed by atoms with E-state index in [0.717, 1.165) is 49.5 Å². The van der Waals surface area contributed by atoms with Gasteiger partial charge in [0.25, 0.3) is 0 Å². The van der Waals surface area contributed by atoms with Crippen LogP contribution in [0.2, 0.25) is 0 Å². The summed E-state index contributed by atoms with van der Waals surface area (Å²) in [5.74, 6) is 4.93. The molecule has 1 N–H and O–H groups in total. The first-order chi connectivity index (χ1) is 14.3. The van der Waals surface area contributed by atoms with Gasteiger partial charge in [0, 0.05) is 12.3 Å². The van der Waals surface area contributed by atoms with E-state index in [0.29, 0.717) is 34.7 Å². The number of rotatable bonds is 0. The Labute approximate surface area is 183 Å². The fourth-order valence-electron chi connectivity index (χ4n) is 10.3. The van der Waals surface area contributed by atoms with E-state index in [1.165, 1.54) is 44.9 Å². The number of aliphatic hydroxyl groups is 1. The van der Waals surface area contributed by atoms with Gasteiger partial charge in [0.1, 0.15) is 0 Å². The highest BCUT2D eigenvalue weighted by Crippen LogP contribution is 2.71. The molecular formula is C27H44O3. The van der Waals surface area contributed by atoms with Crippen molar-refractivity contribution in [1.82, 2.24) is 0 Å². The minimum atomic E-state index is -0.282. The van der Waals surface area contributed by atoms with Crippen LogP contribution in [0.25, 0.3) is 0 Å². The van der Waals surface area contributed by atoms with E-state index in [9.17, 15) is 5.11 Å². The van der Waals surface area contributed by atoms with Crippen molar-refractivity contribution in [2.45, 2.75) is 110 Å². The Bertz CT molecular complexity index is 684. The third-order valence-electron chi connectivity index (χ3n) is 11.9. The van der Waals surface area contributed by atoms with E-state index in [4.69, 9.17) is 9.47 Å². The molecule has 0 amide bonds. The number of aliphatic hydroxyl groups excluding tert-OH is 1. The lowest BCUT2D eigenvalue weighted by Gasteiger charge is -2.61. The maximum absolute atomic E-state index is 10.3. The Balaban J connectivity index is 1.26. The topological polar surface area (TPSA) is 38.7 Å². The zero-order chi connectivity index (χ0) is 20.9. The Morgan fingerprint density at radius 3 is 2.40 bits per heavy atom. The molecule has 6 fully saturated rings. The van der Waals surface area contributed by atoms with Gasteiger partial charge >= 0.3 is 0 Å². The van der Waals surface area contributed by atoms with Crippen molar-refractivity contribution < 1.29 is 14.6 Å². The van der Waals surface area contributed by atoms with E-state index < -0.39 is 0 Å². The molecule has 170 valence electrons. The van der Waals surface area contributed by atoms with Crippen molar-refractivity contribution in [1.29, 1.82) is 0 Å². The normalized spacial score (nSPS) is 62.5. The van der Waals surface area contributed by atoms with Crippen LogP contribution >= 0.6 is 0 Å². The molecule has 0 aromatic rings. The van der Waals surface area contributed by atoms with Crippen molar-refractivity contribution in [3.05, 3.63) is 0 Å². The van der Waals surface area contributed by atoms with Crippen LogP contribution < -0.4 is 0 Å². The number of fused-ring (bicyclic) bond motifs is 7. The smallest absolute Gasteiger partial charge is 0.171 e. The van der Waals surface area contributed by atoms with Gasteiger partial charge in [-0.1, -0.05) is 27.7 Å². The number of hydrogen-bond acceptors (Lipinski definition) is 3. The van der Waals surface area contributed by atoms with Crippen LogP contribution in [0.5, 0.6) is 0 Å². The van der Waals surface area contributed by atoms with Crippen LogP contribution in [0.3, 0.4) is 0 Å². The standard InChI is InChI=1S/C27H44O3/c1-16-7-12-27(29-15-16)17(2)24-23(30-27)14-22-20-6-5-18-13-19(28)8-10-25(18,3)21(20)9-11-26(22,24)4/h16-24,28H,5-15H2,1-4H3/t16?,17?,18-,19-,20?,21?,22?,23+,24?,25+,26+,27?/m1/s1. The minimum absolute atomic E-state index is 0.0389. The highest BCUT2D eigenvalue weighted by molar-refractivity contribution is 5.15. The molecule has 7 unspecified atom stereocenters. The summed E-state index contributed by atoms with van der Waals surface area (Å²) in [6.07, 6.45) is 12.9. The molecule has 2 aliphatic heterocycles. The first kappa shape index (κ1) is 20.5. The van der Waals surface area contributed by atoms with E-state index >= 15 is 0 Å². The first-order valence-corrected chi connectivity index (χ1v) is 13.3. The molecule has 3 nitrogen and oxygen atoms in total. The lowest BCUT2D eigenvalue weighted by Crippen LogP contribution is -2.55. The quantitative estimate of drug-likeness (QED) is 0.543. The van der Waals surface area contributed by atoms with Crippen molar-refractivity contribution in [3.8, 4) is 0 Å². The molecule has 1 spiro atoms. The second-order valence-corrected chi connectivity index (χ2v) is 13.1. The van der Waals surface area contributed by atoms with E-state index in [2.05, 4.69) is 27.7 Å².